The van der Waals surface area contributed by atoms with Gasteiger partial charge in [0.05, 0.1) is 43.2 Å². The van der Waals surface area contributed by atoms with Gasteiger partial charge in [-0.3, -0.25) is 5.43 Å². The molecule has 0 aromatic heterocycles. The number of amides is 2. The zero-order chi connectivity index (χ0) is 33.9. The van der Waals surface area contributed by atoms with Crippen molar-refractivity contribution in [3.05, 3.63) is 91.2 Å². The fourth-order valence-electron chi connectivity index (χ4n) is 4.62. The van der Waals surface area contributed by atoms with Crippen LogP contribution in [0.3, 0.4) is 0 Å². The molecule has 0 spiro atoms. The third kappa shape index (κ3) is 9.65. The highest BCUT2D eigenvalue weighted by atomic mass is 127. The molecule has 1 aliphatic rings. The first-order valence-corrected chi connectivity index (χ1v) is 16.1. The largest absolute Gasteiger partial charge is 0.490 e. The van der Waals surface area contributed by atoms with Gasteiger partial charge in [-0.15, -0.1) is 0 Å². The molecule has 2 atom stereocenters. The van der Waals surface area contributed by atoms with E-state index in [-0.39, 0.29) is 12.2 Å². The number of carbonyl (C=O) groups excluding carboxylic acids is 2. The van der Waals surface area contributed by atoms with Crippen molar-refractivity contribution in [1.82, 2.24) is 16.1 Å². The molecule has 250 valence electrons. The number of allylic oxidation sites excluding steroid dienone is 1. The number of benzene rings is 3. The first-order valence-electron chi connectivity index (χ1n) is 14.7. The Balaban J connectivity index is 1.40. The van der Waals surface area contributed by atoms with E-state index in [1.54, 1.807) is 37.3 Å². The molecule has 0 bridgehead atoms. The van der Waals surface area contributed by atoms with Gasteiger partial charge < -0.3 is 39.4 Å². The lowest BCUT2D eigenvalue weighted by Gasteiger charge is -2.28. The van der Waals surface area contributed by atoms with E-state index < -0.39 is 24.3 Å². The van der Waals surface area contributed by atoms with Crippen molar-refractivity contribution >= 4 is 52.4 Å². The Morgan fingerprint density at radius 1 is 1.04 bits per heavy atom. The van der Waals surface area contributed by atoms with E-state index in [9.17, 15) is 14.7 Å². The highest BCUT2D eigenvalue weighted by Gasteiger charge is 2.32. The Morgan fingerprint density at radius 2 is 1.77 bits per heavy atom. The SMILES string of the molecule is CCOc1cc([C@H]2NC(=O)NC(C)=C2C(=O)OC)ccc1OC[C@@H](O)N/N=C\c1cc(Cl)c(OCc2ccc(I)cc2)c(OCC)c1. The van der Waals surface area contributed by atoms with Crippen molar-refractivity contribution in [2.24, 2.45) is 5.10 Å². The van der Waals surface area contributed by atoms with Gasteiger partial charge in [0.15, 0.2) is 29.2 Å². The molecule has 4 N–H and O–H groups in total. The summed E-state index contributed by atoms with van der Waals surface area (Å²) in [4.78, 5) is 24.6. The predicted molar refractivity (Wildman–Crippen MR) is 185 cm³/mol. The van der Waals surface area contributed by atoms with Gasteiger partial charge in [0.2, 0.25) is 0 Å². The van der Waals surface area contributed by atoms with E-state index in [2.05, 4.69) is 43.8 Å². The number of methoxy groups -OCH3 is 1. The Kier molecular flexibility index (Phi) is 13.0. The Morgan fingerprint density at radius 3 is 2.47 bits per heavy atom. The standard InChI is InChI=1S/C33H36ClIN4O8/c1-5-44-26-15-22(30-29(32(41)43-4)19(3)37-33(42)38-30)9-12-25(26)46-18-28(40)39-36-16-21-13-24(34)31(27(14-21)45-6-2)47-17-20-7-10-23(35)11-8-20/h7-16,28,30,39-40H,5-6,17-18H2,1-4H3,(H2,37,38,42)/b36-16-/t28-,30-/m1/s1. The second-order valence-corrected chi connectivity index (χ2v) is 11.7. The van der Waals surface area contributed by atoms with Crippen LogP contribution in [0.5, 0.6) is 23.0 Å². The molecule has 47 heavy (non-hydrogen) atoms. The Labute approximate surface area is 291 Å². The van der Waals surface area contributed by atoms with Gasteiger partial charge in [0.1, 0.15) is 13.2 Å². The van der Waals surface area contributed by atoms with E-state index >= 15 is 0 Å². The Hall–Kier alpha value is -4.21. The maximum atomic E-state index is 12.5. The first kappa shape index (κ1) is 35.6. The lowest BCUT2D eigenvalue weighted by atomic mass is 9.95. The van der Waals surface area contributed by atoms with Crippen LogP contribution in [0.1, 0.15) is 43.5 Å². The second kappa shape index (κ2) is 17.1. The lowest BCUT2D eigenvalue weighted by Crippen LogP contribution is -2.45. The molecule has 3 aromatic rings. The third-order valence-corrected chi connectivity index (χ3v) is 7.74. The summed E-state index contributed by atoms with van der Waals surface area (Å²) in [6.45, 7) is 6.18. The van der Waals surface area contributed by atoms with Gasteiger partial charge in [-0.25, -0.2) is 9.59 Å². The van der Waals surface area contributed by atoms with Crippen molar-refractivity contribution in [2.45, 2.75) is 39.6 Å². The van der Waals surface area contributed by atoms with E-state index in [1.165, 1.54) is 13.3 Å². The number of nitrogens with zero attached hydrogens (tertiary/aromatic N) is 1. The van der Waals surface area contributed by atoms with Crippen LogP contribution >= 0.6 is 34.2 Å². The summed E-state index contributed by atoms with van der Waals surface area (Å²) in [7, 11) is 1.27. The van der Waals surface area contributed by atoms with Gasteiger partial charge in [-0.1, -0.05) is 29.8 Å². The van der Waals surface area contributed by atoms with Crippen molar-refractivity contribution in [3.8, 4) is 23.0 Å². The molecule has 0 saturated carbocycles. The number of hydrogen-bond acceptors (Lipinski definition) is 10. The zero-order valence-corrected chi connectivity index (χ0v) is 29.2. The lowest BCUT2D eigenvalue weighted by molar-refractivity contribution is -0.136. The van der Waals surface area contributed by atoms with Gasteiger partial charge >= 0.3 is 12.0 Å². The molecule has 1 aliphatic heterocycles. The van der Waals surface area contributed by atoms with Crippen LogP contribution in [-0.2, 0) is 16.1 Å². The summed E-state index contributed by atoms with van der Waals surface area (Å²) in [6, 6.07) is 15.2. The van der Waals surface area contributed by atoms with Crippen LogP contribution in [0.2, 0.25) is 5.02 Å². The minimum absolute atomic E-state index is 0.177. The van der Waals surface area contributed by atoms with Crippen LogP contribution in [0.25, 0.3) is 0 Å². The minimum Gasteiger partial charge on any atom is -0.490 e. The van der Waals surface area contributed by atoms with Gasteiger partial charge in [0.25, 0.3) is 0 Å². The summed E-state index contributed by atoms with van der Waals surface area (Å²) in [5, 5.41) is 20.3. The molecule has 0 aliphatic carbocycles. The van der Waals surface area contributed by atoms with Gasteiger partial charge in [-0.05, 0) is 96.5 Å². The quantitative estimate of drug-likeness (QED) is 0.0521. The van der Waals surface area contributed by atoms with Crippen molar-refractivity contribution in [1.29, 1.82) is 0 Å². The number of nitrogens with one attached hydrogen (secondary N) is 3. The van der Waals surface area contributed by atoms with E-state index in [0.29, 0.717) is 64.7 Å². The fraction of sp³-hybridized carbons (Fsp3) is 0.303. The van der Waals surface area contributed by atoms with Crippen LogP contribution < -0.4 is 35.0 Å². The van der Waals surface area contributed by atoms with Gasteiger partial charge in [-0.2, -0.15) is 5.10 Å². The molecule has 0 unspecified atom stereocenters. The number of halogens is 2. The Bertz CT molecular complexity index is 1630. The second-order valence-electron chi connectivity index (χ2n) is 10.1. The molecule has 0 radical (unpaired) electrons. The number of rotatable bonds is 15. The number of aliphatic hydroxyl groups excluding tert-OH is 1. The molecule has 3 aromatic carbocycles. The maximum absolute atomic E-state index is 12.5. The van der Waals surface area contributed by atoms with E-state index in [1.807, 2.05) is 38.1 Å². The van der Waals surface area contributed by atoms with Crippen LogP contribution in [0, 0.1) is 3.57 Å². The van der Waals surface area contributed by atoms with Gasteiger partial charge in [0, 0.05) is 9.27 Å². The summed E-state index contributed by atoms with van der Waals surface area (Å²) >= 11 is 8.80. The predicted octanol–water partition coefficient (Wildman–Crippen LogP) is 5.44. The number of hydrogen-bond donors (Lipinski definition) is 4. The zero-order valence-electron chi connectivity index (χ0n) is 26.3. The molecule has 2 amide bonds. The number of carbonyl (C=O) groups is 2. The van der Waals surface area contributed by atoms with Crippen molar-refractivity contribution in [2.75, 3.05) is 26.9 Å². The molecule has 0 fully saturated rings. The van der Waals surface area contributed by atoms with E-state index in [0.717, 1.165) is 9.13 Å². The monoisotopic (exact) mass is 778 g/mol. The summed E-state index contributed by atoms with van der Waals surface area (Å²) in [5.74, 6) is 1.02. The van der Waals surface area contributed by atoms with Crippen LogP contribution in [0.4, 0.5) is 4.79 Å². The number of esters is 1. The topological polar surface area (TPSA) is 149 Å². The highest BCUT2D eigenvalue weighted by molar-refractivity contribution is 14.1. The average Bonchev–Trinajstić information content (AvgIpc) is 3.04. The molecule has 0 saturated heterocycles. The number of aliphatic hydroxyl groups is 1. The number of urea groups is 1. The summed E-state index contributed by atoms with van der Waals surface area (Å²) in [5.41, 5.74) is 5.46. The summed E-state index contributed by atoms with van der Waals surface area (Å²) < 4.78 is 29.4. The van der Waals surface area contributed by atoms with Crippen LogP contribution in [0.15, 0.2) is 71.0 Å². The summed E-state index contributed by atoms with van der Waals surface area (Å²) in [6.07, 6.45) is 0.307. The first-order chi connectivity index (χ1) is 22.6. The maximum Gasteiger partial charge on any atom is 0.337 e. The molecule has 4 rings (SSSR count). The number of hydrazone groups is 1. The molecular formula is C33H36ClIN4O8. The molecule has 12 nitrogen and oxygen atoms in total. The highest BCUT2D eigenvalue weighted by Crippen LogP contribution is 2.37. The minimum atomic E-state index is -1.18. The van der Waals surface area contributed by atoms with Crippen LogP contribution in [-0.4, -0.2) is 56.5 Å². The van der Waals surface area contributed by atoms with Crippen molar-refractivity contribution in [3.63, 3.8) is 0 Å². The molecule has 14 heteroatoms. The molecule has 1 heterocycles. The fourth-order valence-corrected chi connectivity index (χ4v) is 5.25. The average molecular weight is 779 g/mol. The smallest absolute Gasteiger partial charge is 0.337 e. The normalized spacial score (nSPS) is 15.0. The number of ether oxygens (including phenoxy) is 5. The third-order valence-electron chi connectivity index (χ3n) is 6.74. The molecular weight excluding hydrogens is 743 g/mol. The van der Waals surface area contributed by atoms with Crippen molar-refractivity contribution < 1.29 is 38.4 Å². The van der Waals surface area contributed by atoms with E-state index in [4.69, 9.17) is 35.3 Å².